The van der Waals surface area contributed by atoms with Gasteiger partial charge in [-0.1, -0.05) is 6.92 Å². The second-order valence-corrected chi connectivity index (χ2v) is 5.56. The summed E-state index contributed by atoms with van der Waals surface area (Å²) in [6, 6.07) is 0. The summed E-state index contributed by atoms with van der Waals surface area (Å²) in [4.78, 5) is 12.1. The molecule has 0 aromatic heterocycles. The summed E-state index contributed by atoms with van der Waals surface area (Å²) in [5.74, 6) is 0.240. The maximum absolute atomic E-state index is 12.1. The fourth-order valence-corrected chi connectivity index (χ4v) is 2.80. The van der Waals surface area contributed by atoms with E-state index in [0.717, 1.165) is 38.6 Å². The molecule has 2 aliphatic rings. The fourth-order valence-electron chi connectivity index (χ4n) is 2.80. The Morgan fingerprint density at radius 3 is 2.56 bits per heavy atom. The van der Waals surface area contributed by atoms with Crippen molar-refractivity contribution in [3.63, 3.8) is 0 Å². The molecule has 1 aliphatic carbocycles. The summed E-state index contributed by atoms with van der Waals surface area (Å²) < 4.78 is 5.28. The van der Waals surface area contributed by atoms with Crippen LogP contribution < -0.4 is 10.6 Å². The maximum Gasteiger partial charge on any atom is 0.226 e. The summed E-state index contributed by atoms with van der Waals surface area (Å²) in [6.45, 7) is 4.50. The highest BCUT2D eigenvalue weighted by Crippen LogP contribution is 2.48. The molecule has 2 fully saturated rings. The van der Waals surface area contributed by atoms with Crippen molar-refractivity contribution in [3.05, 3.63) is 0 Å². The molecular weight excluding hydrogens is 252 g/mol. The standard InChI is InChI=1S/C13H24N2O2.ClH/c1-3-12(6-7-12)11(16)14-9-13(10-17-2)5-4-8-15-13;/h15H,3-10H2,1-2H3,(H,14,16);1H. The smallest absolute Gasteiger partial charge is 0.226 e. The molecule has 106 valence electrons. The fraction of sp³-hybridized carbons (Fsp3) is 0.923. The third-order valence-electron chi connectivity index (χ3n) is 4.35. The third-order valence-corrected chi connectivity index (χ3v) is 4.35. The molecule has 2 rings (SSSR count). The lowest BCUT2D eigenvalue weighted by atomic mass is 9.97. The van der Waals surface area contributed by atoms with Gasteiger partial charge in [-0.2, -0.15) is 0 Å². The Balaban J connectivity index is 0.00000162. The van der Waals surface area contributed by atoms with Gasteiger partial charge in [-0.05, 0) is 38.6 Å². The zero-order valence-corrected chi connectivity index (χ0v) is 12.2. The lowest BCUT2D eigenvalue weighted by molar-refractivity contribution is -0.126. The highest BCUT2D eigenvalue weighted by molar-refractivity contribution is 5.85. The number of amides is 1. The molecule has 18 heavy (non-hydrogen) atoms. The summed E-state index contributed by atoms with van der Waals surface area (Å²) >= 11 is 0. The van der Waals surface area contributed by atoms with Gasteiger partial charge in [0.05, 0.1) is 12.1 Å². The Labute approximate surface area is 116 Å². The number of ether oxygens (including phenoxy) is 1. The number of hydrogen-bond donors (Lipinski definition) is 2. The molecule has 4 nitrogen and oxygen atoms in total. The lowest BCUT2D eigenvalue weighted by Crippen LogP contribution is -2.53. The van der Waals surface area contributed by atoms with E-state index < -0.39 is 0 Å². The van der Waals surface area contributed by atoms with Gasteiger partial charge in [-0.3, -0.25) is 4.79 Å². The first kappa shape index (κ1) is 15.7. The van der Waals surface area contributed by atoms with E-state index in [1.165, 1.54) is 0 Å². The zero-order valence-electron chi connectivity index (χ0n) is 11.4. The number of nitrogens with one attached hydrogen (secondary N) is 2. The highest BCUT2D eigenvalue weighted by Gasteiger charge is 2.48. The molecule has 0 radical (unpaired) electrons. The number of methoxy groups -OCH3 is 1. The van der Waals surface area contributed by atoms with E-state index in [0.29, 0.717) is 13.2 Å². The quantitative estimate of drug-likeness (QED) is 0.773. The van der Waals surface area contributed by atoms with Crippen LogP contribution in [0.5, 0.6) is 0 Å². The van der Waals surface area contributed by atoms with Gasteiger partial charge >= 0.3 is 0 Å². The van der Waals surface area contributed by atoms with Gasteiger partial charge in [-0.25, -0.2) is 0 Å². The molecule has 0 bridgehead atoms. The molecule has 1 unspecified atom stereocenters. The van der Waals surface area contributed by atoms with Crippen molar-refractivity contribution in [1.29, 1.82) is 0 Å². The van der Waals surface area contributed by atoms with Crippen molar-refractivity contribution >= 4 is 18.3 Å². The van der Waals surface area contributed by atoms with E-state index in [9.17, 15) is 4.79 Å². The van der Waals surface area contributed by atoms with Crippen molar-refractivity contribution in [2.24, 2.45) is 5.41 Å². The normalized spacial score (nSPS) is 28.6. The number of rotatable bonds is 6. The second-order valence-electron chi connectivity index (χ2n) is 5.56. The van der Waals surface area contributed by atoms with Gasteiger partial charge in [0.2, 0.25) is 5.91 Å². The van der Waals surface area contributed by atoms with Crippen LogP contribution >= 0.6 is 12.4 Å². The number of carbonyl (C=O) groups excluding carboxylic acids is 1. The van der Waals surface area contributed by atoms with Gasteiger partial charge in [0.25, 0.3) is 0 Å². The average Bonchev–Trinajstić information content (AvgIpc) is 3.02. The predicted octanol–water partition coefficient (Wildman–Crippen LogP) is 1.48. The predicted molar refractivity (Wildman–Crippen MR) is 74.1 cm³/mol. The summed E-state index contributed by atoms with van der Waals surface area (Å²) in [5, 5.41) is 6.60. The van der Waals surface area contributed by atoms with E-state index in [4.69, 9.17) is 4.74 Å². The Morgan fingerprint density at radius 2 is 2.11 bits per heavy atom. The highest BCUT2D eigenvalue weighted by atomic mass is 35.5. The minimum Gasteiger partial charge on any atom is -0.383 e. The molecular formula is C13H25ClN2O2. The molecule has 0 spiro atoms. The van der Waals surface area contributed by atoms with Crippen LogP contribution in [0.2, 0.25) is 0 Å². The largest absolute Gasteiger partial charge is 0.383 e. The molecule has 0 aromatic carbocycles. The average molecular weight is 277 g/mol. The number of carbonyl (C=O) groups is 1. The Hall–Kier alpha value is -0.320. The van der Waals surface area contributed by atoms with E-state index in [-0.39, 0.29) is 29.3 Å². The minimum absolute atomic E-state index is 0. The van der Waals surface area contributed by atoms with Crippen molar-refractivity contribution in [2.75, 3.05) is 26.8 Å². The Morgan fingerprint density at radius 1 is 1.39 bits per heavy atom. The van der Waals surface area contributed by atoms with Crippen LogP contribution in [0.15, 0.2) is 0 Å². The van der Waals surface area contributed by atoms with Gasteiger partial charge in [0.1, 0.15) is 0 Å². The summed E-state index contributed by atoms with van der Waals surface area (Å²) in [6.07, 6.45) is 5.32. The minimum atomic E-state index is -0.0349. The Bertz CT molecular complexity index is 287. The van der Waals surface area contributed by atoms with Gasteiger partial charge in [-0.15, -0.1) is 12.4 Å². The molecule has 1 saturated carbocycles. The monoisotopic (exact) mass is 276 g/mol. The van der Waals surface area contributed by atoms with Crippen molar-refractivity contribution in [2.45, 2.75) is 44.6 Å². The van der Waals surface area contributed by atoms with Crippen LogP contribution in [0.4, 0.5) is 0 Å². The first-order chi connectivity index (χ1) is 8.16. The molecule has 1 amide bonds. The van der Waals surface area contributed by atoms with Crippen LogP contribution in [0.3, 0.4) is 0 Å². The molecule has 1 atom stereocenters. The van der Waals surface area contributed by atoms with Crippen molar-refractivity contribution in [1.82, 2.24) is 10.6 Å². The lowest BCUT2D eigenvalue weighted by Gasteiger charge is -2.29. The number of hydrogen-bond acceptors (Lipinski definition) is 3. The van der Waals surface area contributed by atoms with Crippen LogP contribution in [-0.2, 0) is 9.53 Å². The molecule has 1 heterocycles. The topological polar surface area (TPSA) is 50.4 Å². The first-order valence-corrected chi connectivity index (χ1v) is 6.69. The molecule has 1 saturated heterocycles. The second kappa shape index (κ2) is 6.22. The van der Waals surface area contributed by atoms with Crippen LogP contribution in [0.25, 0.3) is 0 Å². The van der Waals surface area contributed by atoms with Crippen LogP contribution in [-0.4, -0.2) is 38.3 Å². The molecule has 2 N–H and O–H groups in total. The van der Waals surface area contributed by atoms with Crippen LogP contribution in [0, 0.1) is 5.41 Å². The first-order valence-electron chi connectivity index (χ1n) is 6.69. The van der Waals surface area contributed by atoms with Gasteiger partial charge in [0.15, 0.2) is 0 Å². The van der Waals surface area contributed by atoms with Crippen molar-refractivity contribution < 1.29 is 9.53 Å². The Kier molecular flexibility index (Phi) is 5.44. The maximum atomic E-state index is 12.1. The van der Waals surface area contributed by atoms with Gasteiger partial charge < -0.3 is 15.4 Å². The van der Waals surface area contributed by atoms with E-state index in [2.05, 4.69) is 17.6 Å². The number of halogens is 1. The van der Waals surface area contributed by atoms with E-state index in [1.54, 1.807) is 7.11 Å². The van der Waals surface area contributed by atoms with E-state index in [1.807, 2.05) is 0 Å². The zero-order chi connectivity index (χ0) is 12.4. The SMILES string of the molecule is CCC1(C(=O)NCC2(COC)CCCN2)CC1.Cl. The molecule has 1 aliphatic heterocycles. The third kappa shape index (κ3) is 3.16. The van der Waals surface area contributed by atoms with Gasteiger partial charge in [0, 0.05) is 19.1 Å². The van der Waals surface area contributed by atoms with Crippen molar-refractivity contribution in [3.8, 4) is 0 Å². The molecule has 0 aromatic rings. The van der Waals surface area contributed by atoms with E-state index >= 15 is 0 Å². The summed E-state index contributed by atoms with van der Waals surface area (Å²) in [7, 11) is 1.72. The molecule has 5 heteroatoms. The summed E-state index contributed by atoms with van der Waals surface area (Å²) in [5.41, 5.74) is -0.0684. The van der Waals surface area contributed by atoms with Crippen LogP contribution in [0.1, 0.15) is 39.0 Å².